The summed E-state index contributed by atoms with van der Waals surface area (Å²) in [6.07, 6.45) is 3.95. The minimum atomic E-state index is -0.410. The summed E-state index contributed by atoms with van der Waals surface area (Å²) in [7, 11) is 0. The number of hydrogen-bond donors (Lipinski definition) is 0. The van der Waals surface area contributed by atoms with Crippen molar-refractivity contribution >= 4 is 5.78 Å². The number of para-hydroxylation sites is 1. The first-order chi connectivity index (χ1) is 9.59. The summed E-state index contributed by atoms with van der Waals surface area (Å²) in [5.74, 6) is 0.400. The molecule has 104 valence electrons. The molecule has 2 aromatic rings. The zero-order chi connectivity index (χ0) is 14.2. The second kappa shape index (κ2) is 4.87. The van der Waals surface area contributed by atoms with Crippen LogP contribution in [0.2, 0.25) is 0 Å². The maximum Gasteiger partial charge on any atom is 0.227 e. The van der Waals surface area contributed by atoms with E-state index in [1.54, 1.807) is 6.20 Å². The van der Waals surface area contributed by atoms with Gasteiger partial charge in [-0.1, -0.05) is 32.0 Å². The van der Waals surface area contributed by atoms with Crippen molar-refractivity contribution in [1.29, 1.82) is 0 Å². The number of carbonyl (C=O) groups is 1. The highest BCUT2D eigenvalue weighted by molar-refractivity contribution is 5.97. The van der Waals surface area contributed by atoms with Gasteiger partial charge in [0.15, 0.2) is 5.82 Å². The van der Waals surface area contributed by atoms with Crippen molar-refractivity contribution in [3.63, 3.8) is 0 Å². The topological polar surface area (TPSA) is 44.1 Å². The standard InChI is InChI=1S/C16H18N2O2/c1-16(2)8-11-20-14(16)13(19)15-17-9-10-18(15)12-6-4-3-5-7-12/h3-7,9-10,14H,8,11H2,1-2H3/t14-/m0/s1. The number of benzene rings is 1. The lowest BCUT2D eigenvalue weighted by molar-refractivity contribution is 0.0441. The van der Waals surface area contributed by atoms with Gasteiger partial charge in [0, 0.05) is 30.1 Å². The Morgan fingerprint density at radius 2 is 2.10 bits per heavy atom. The van der Waals surface area contributed by atoms with E-state index >= 15 is 0 Å². The lowest BCUT2D eigenvalue weighted by Crippen LogP contribution is -2.34. The molecule has 0 radical (unpaired) electrons. The van der Waals surface area contributed by atoms with Crippen LogP contribution in [0.25, 0.3) is 5.69 Å². The van der Waals surface area contributed by atoms with Crippen LogP contribution in [0.4, 0.5) is 0 Å². The molecule has 1 aromatic carbocycles. The Labute approximate surface area is 118 Å². The minimum Gasteiger partial charge on any atom is -0.369 e. The molecule has 0 aliphatic carbocycles. The van der Waals surface area contributed by atoms with E-state index in [1.807, 2.05) is 41.1 Å². The highest BCUT2D eigenvalue weighted by Crippen LogP contribution is 2.35. The summed E-state index contributed by atoms with van der Waals surface area (Å²) >= 11 is 0. The van der Waals surface area contributed by atoms with Crippen molar-refractivity contribution in [2.45, 2.75) is 26.4 Å². The van der Waals surface area contributed by atoms with Crippen LogP contribution in [-0.2, 0) is 4.74 Å². The van der Waals surface area contributed by atoms with E-state index in [2.05, 4.69) is 18.8 Å². The SMILES string of the molecule is CC1(C)CCO[C@H]1C(=O)c1nccn1-c1ccccc1. The zero-order valence-electron chi connectivity index (χ0n) is 11.7. The monoisotopic (exact) mass is 270 g/mol. The Bertz CT molecular complexity index is 616. The molecule has 20 heavy (non-hydrogen) atoms. The molecular weight excluding hydrogens is 252 g/mol. The van der Waals surface area contributed by atoms with Crippen molar-refractivity contribution in [1.82, 2.24) is 9.55 Å². The molecule has 4 nitrogen and oxygen atoms in total. The van der Waals surface area contributed by atoms with Gasteiger partial charge in [0.05, 0.1) is 0 Å². The van der Waals surface area contributed by atoms with Gasteiger partial charge >= 0.3 is 0 Å². The quantitative estimate of drug-likeness (QED) is 0.805. The molecule has 1 saturated heterocycles. The molecule has 0 bridgehead atoms. The second-order valence-corrected chi connectivity index (χ2v) is 5.81. The number of ether oxygens (including phenoxy) is 1. The van der Waals surface area contributed by atoms with Crippen LogP contribution < -0.4 is 0 Å². The first kappa shape index (κ1) is 13.1. The van der Waals surface area contributed by atoms with Crippen molar-refractivity contribution in [2.24, 2.45) is 5.41 Å². The van der Waals surface area contributed by atoms with Gasteiger partial charge in [0.2, 0.25) is 5.78 Å². The number of aromatic nitrogens is 2. The Morgan fingerprint density at radius 3 is 2.75 bits per heavy atom. The maximum atomic E-state index is 12.7. The van der Waals surface area contributed by atoms with Crippen LogP contribution in [0.5, 0.6) is 0 Å². The molecule has 0 saturated carbocycles. The smallest absolute Gasteiger partial charge is 0.227 e. The van der Waals surface area contributed by atoms with E-state index < -0.39 is 6.10 Å². The summed E-state index contributed by atoms with van der Waals surface area (Å²) in [4.78, 5) is 16.9. The van der Waals surface area contributed by atoms with Crippen LogP contribution in [0.15, 0.2) is 42.7 Å². The summed E-state index contributed by atoms with van der Waals surface area (Å²) in [5.41, 5.74) is 0.800. The Kier molecular flexibility index (Phi) is 3.18. The van der Waals surface area contributed by atoms with E-state index in [0.29, 0.717) is 12.4 Å². The van der Waals surface area contributed by atoms with E-state index in [4.69, 9.17) is 4.74 Å². The first-order valence-electron chi connectivity index (χ1n) is 6.84. The molecule has 1 aromatic heterocycles. The molecule has 0 unspecified atom stereocenters. The summed E-state index contributed by atoms with van der Waals surface area (Å²) in [6.45, 7) is 4.77. The summed E-state index contributed by atoms with van der Waals surface area (Å²) in [5, 5.41) is 0. The van der Waals surface area contributed by atoms with Crippen molar-refractivity contribution < 1.29 is 9.53 Å². The van der Waals surface area contributed by atoms with E-state index in [0.717, 1.165) is 12.1 Å². The molecule has 0 spiro atoms. The van der Waals surface area contributed by atoms with Gasteiger partial charge in [-0.25, -0.2) is 4.98 Å². The number of Topliss-reactive ketones (excluding diaryl/α,β-unsaturated/α-hetero) is 1. The highest BCUT2D eigenvalue weighted by Gasteiger charge is 2.42. The summed E-state index contributed by atoms with van der Waals surface area (Å²) < 4.78 is 7.46. The van der Waals surface area contributed by atoms with Gasteiger partial charge in [-0.3, -0.25) is 9.36 Å². The maximum absolute atomic E-state index is 12.7. The fraction of sp³-hybridized carbons (Fsp3) is 0.375. The average molecular weight is 270 g/mol. The second-order valence-electron chi connectivity index (χ2n) is 5.81. The largest absolute Gasteiger partial charge is 0.369 e. The normalized spacial score (nSPS) is 21.0. The van der Waals surface area contributed by atoms with E-state index in [-0.39, 0.29) is 11.2 Å². The molecule has 1 atom stereocenters. The van der Waals surface area contributed by atoms with Gasteiger partial charge in [-0.2, -0.15) is 0 Å². The number of ketones is 1. The Balaban J connectivity index is 1.96. The molecule has 0 amide bonds. The third kappa shape index (κ3) is 2.16. The Hall–Kier alpha value is -1.94. The zero-order valence-corrected chi connectivity index (χ0v) is 11.7. The fourth-order valence-electron chi connectivity index (χ4n) is 2.63. The van der Waals surface area contributed by atoms with Gasteiger partial charge in [0.25, 0.3) is 0 Å². The third-order valence-electron chi connectivity index (χ3n) is 3.87. The van der Waals surface area contributed by atoms with Crippen molar-refractivity contribution in [3.8, 4) is 5.69 Å². The van der Waals surface area contributed by atoms with Crippen LogP contribution in [0, 0.1) is 5.41 Å². The number of nitrogens with zero attached hydrogens (tertiary/aromatic N) is 2. The first-order valence-corrected chi connectivity index (χ1v) is 6.84. The molecule has 1 fully saturated rings. The van der Waals surface area contributed by atoms with Gasteiger partial charge in [0.1, 0.15) is 6.10 Å². The van der Waals surface area contributed by atoms with Crippen molar-refractivity contribution in [3.05, 3.63) is 48.5 Å². The van der Waals surface area contributed by atoms with E-state index in [1.165, 1.54) is 0 Å². The molecule has 1 aliphatic rings. The van der Waals surface area contributed by atoms with Crippen LogP contribution in [0.1, 0.15) is 30.9 Å². The molecule has 0 N–H and O–H groups in total. The fourth-order valence-corrected chi connectivity index (χ4v) is 2.63. The third-order valence-corrected chi connectivity index (χ3v) is 3.87. The van der Waals surface area contributed by atoms with Gasteiger partial charge in [-0.15, -0.1) is 0 Å². The van der Waals surface area contributed by atoms with Crippen LogP contribution in [0.3, 0.4) is 0 Å². The van der Waals surface area contributed by atoms with Gasteiger partial charge < -0.3 is 4.74 Å². The predicted molar refractivity (Wildman–Crippen MR) is 76.0 cm³/mol. The number of rotatable bonds is 3. The van der Waals surface area contributed by atoms with E-state index in [9.17, 15) is 4.79 Å². The minimum absolute atomic E-state index is 0.0404. The lowest BCUT2D eigenvalue weighted by Gasteiger charge is -2.23. The van der Waals surface area contributed by atoms with Gasteiger partial charge in [-0.05, 0) is 18.6 Å². The number of carbonyl (C=O) groups excluding carboxylic acids is 1. The van der Waals surface area contributed by atoms with Crippen LogP contribution in [-0.4, -0.2) is 28.0 Å². The number of imidazole rings is 1. The average Bonchev–Trinajstić information content (AvgIpc) is 3.05. The molecule has 4 heteroatoms. The molecule has 2 heterocycles. The Morgan fingerprint density at radius 1 is 1.35 bits per heavy atom. The number of hydrogen-bond acceptors (Lipinski definition) is 3. The highest BCUT2D eigenvalue weighted by atomic mass is 16.5. The lowest BCUT2D eigenvalue weighted by atomic mass is 9.83. The molecule has 3 rings (SSSR count). The molecular formula is C16H18N2O2. The summed E-state index contributed by atoms with van der Waals surface area (Å²) in [6, 6.07) is 9.75. The van der Waals surface area contributed by atoms with Crippen LogP contribution >= 0.6 is 0 Å². The molecule has 1 aliphatic heterocycles. The predicted octanol–water partition coefficient (Wildman–Crippen LogP) is 2.87. The van der Waals surface area contributed by atoms with Crippen molar-refractivity contribution in [2.75, 3.05) is 6.61 Å².